The van der Waals surface area contributed by atoms with E-state index in [0.29, 0.717) is 0 Å². The Morgan fingerprint density at radius 3 is 2.83 bits per heavy atom. The zero-order valence-corrected chi connectivity index (χ0v) is 12.1. The van der Waals surface area contributed by atoms with E-state index in [4.69, 9.17) is 11.6 Å². The van der Waals surface area contributed by atoms with E-state index in [1.165, 1.54) is 18.3 Å². The Morgan fingerprint density at radius 2 is 2.22 bits per heavy atom. The lowest BCUT2D eigenvalue weighted by atomic mass is 10.2. The molecule has 1 fully saturated rings. The van der Waals surface area contributed by atoms with Crippen LogP contribution in [0.4, 0.5) is 0 Å². The molecule has 2 atom stereocenters. The zero-order valence-electron chi connectivity index (χ0n) is 10.5. The molecule has 1 saturated heterocycles. The molecule has 6 heteroatoms. The van der Waals surface area contributed by atoms with Crippen molar-refractivity contribution in [3.63, 3.8) is 0 Å². The normalized spacial score (nSPS) is 25.5. The maximum Gasteiger partial charge on any atom is 0.243 e. The van der Waals surface area contributed by atoms with E-state index >= 15 is 0 Å². The number of sulfonamides is 1. The van der Waals surface area contributed by atoms with Crippen LogP contribution in [0, 0.1) is 0 Å². The summed E-state index contributed by atoms with van der Waals surface area (Å²) in [4.78, 5) is 4.05. The molecular weight excluding hydrogens is 272 g/mol. The fourth-order valence-electron chi connectivity index (χ4n) is 2.53. The predicted molar refractivity (Wildman–Crippen MR) is 71.0 cm³/mol. The molecule has 2 unspecified atom stereocenters. The average Bonchev–Trinajstić information content (AvgIpc) is 2.71. The van der Waals surface area contributed by atoms with Gasteiger partial charge >= 0.3 is 0 Å². The van der Waals surface area contributed by atoms with Gasteiger partial charge in [0.2, 0.25) is 10.0 Å². The molecule has 0 spiro atoms. The van der Waals surface area contributed by atoms with Crippen LogP contribution in [-0.2, 0) is 10.0 Å². The first-order valence-electron chi connectivity index (χ1n) is 6.12. The van der Waals surface area contributed by atoms with Crippen molar-refractivity contribution in [3.8, 4) is 0 Å². The maximum absolute atomic E-state index is 12.6. The molecule has 1 aliphatic rings. The molecule has 0 saturated carbocycles. The molecule has 0 amide bonds. The summed E-state index contributed by atoms with van der Waals surface area (Å²) >= 11 is 5.77. The van der Waals surface area contributed by atoms with Gasteiger partial charge in [-0.1, -0.05) is 18.5 Å². The lowest BCUT2D eigenvalue weighted by Gasteiger charge is -2.26. The topological polar surface area (TPSA) is 50.3 Å². The summed E-state index contributed by atoms with van der Waals surface area (Å²) in [6, 6.07) is 3.05. The average molecular weight is 289 g/mol. The third-order valence-electron chi connectivity index (χ3n) is 3.46. The quantitative estimate of drug-likeness (QED) is 0.804. The van der Waals surface area contributed by atoms with Crippen LogP contribution in [0.3, 0.4) is 0 Å². The number of aromatic nitrogens is 1. The summed E-state index contributed by atoms with van der Waals surface area (Å²) in [5, 5.41) is 0.205. The highest BCUT2D eigenvalue weighted by atomic mass is 35.5. The smallest absolute Gasteiger partial charge is 0.243 e. The monoisotopic (exact) mass is 288 g/mol. The first kappa shape index (κ1) is 13.8. The van der Waals surface area contributed by atoms with E-state index in [1.54, 1.807) is 4.31 Å². The van der Waals surface area contributed by atoms with E-state index in [0.717, 1.165) is 19.3 Å². The second kappa shape index (κ2) is 5.15. The Kier molecular flexibility index (Phi) is 3.94. The van der Waals surface area contributed by atoms with Crippen molar-refractivity contribution in [2.45, 2.75) is 50.1 Å². The van der Waals surface area contributed by atoms with Gasteiger partial charge in [-0.3, -0.25) is 0 Å². The Balaban J connectivity index is 2.42. The third-order valence-corrected chi connectivity index (χ3v) is 5.73. The van der Waals surface area contributed by atoms with Crippen molar-refractivity contribution in [1.82, 2.24) is 9.29 Å². The molecular formula is C12H17ClN2O2S. The van der Waals surface area contributed by atoms with Gasteiger partial charge in [0.05, 0.1) is 4.90 Å². The summed E-state index contributed by atoms with van der Waals surface area (Å²) < 4.78 is 26.8. The highest BCUT2D eigenvalue weighted by Gasteiger charge is 2.39. The van der Waals surface area contributed by atoms with Gasteiger partial charge in [0.15, 0.2) is 0 Å². The van der Waals surface area contributed by atoms with Crippen molar-refractivity contribution < 1.29 is 8.42 Å². The van der Waals surface area contributed by atoms with Crippen LogP contribution in [0.2, 0.25) is 5.15 Å². The summed E-state index contributed by atoms with van der Waals surface area (Å²) in [7, 11) is -3.46. The van der Waals surface area contributed by atoms with Crippen LogP contribution >= 0.6 is 11.6 Å². The highest BCUT2D eigenvalue weighted by Crippen LogP contribution is 2.32. The van der Waals surface area contributed by atoms with Crippen LogP contribution in [0.15, 0.2) is 23.2 Å². The first-order valence-corrected chi connectivity index (χ1v) is 7.93. The number of hydrogen-bond acceptors (Lipinski definition) is 3. The van der Waals surface area contributed by atoms with Crippen LogP contribution in [0.25, 0.3) is 0 Å². The minimum atomic E-state index is -3.46. The van der Waals surface area contributed by atoms with E-state index < -0.39 is 10.0 Å². The largest absolute Gasteiger partial charge is 0.244 e. The third kappa shape index (κ3) is 2.39. The standard InChI is InChI=1S/C12H17ClN2O2S/c1-3-10-5-4-9(2)15(10)18(16,17)11-6-7-14-12(13)8-11/h6-10H,3-5H2,1-2H3. The van der Waals surface area contributed by atoms with Gasteiger partial charge in [-0.25, -0.2) is 13.4 Å². The van der Waals surface area contributed by atoms with Crippen molar-refractivity contribution in [2.24, 2.45) is 0 Å². The van der Waals surface area contributed by atoms with Gasteiger partial charge in [-0.05, 0) is 38.3 Å². The number of hydrogen-bond donors (Lipinski definition) is 0. The predicted octanol–water partition coefficient (Wildman–Crippen LogP) is 2.69. The summed E-state index contributed by atoms with van der Waals surface area (Å²) in [6.07, 6.45) is 4.10. The highest BCUT2D eigenvalue weighted by molar-refractivity contribution is 7.89. The SMILES string of the molecule is CCC1CCC(C)N1S(=O)(=O)c1ccnc(Cl)c1. The molecule has 1 aliphatic heterocycles. The van der Waals surface area contributed by atoms with Crippen LogP contribution in [-0.4, -0.2) is 29.8 Å². The zero-order chi connectivity index (χ0) is 13.3. The van der Waals surface area contributed by atoms with Gasteiger partial charge < -0.3 is 0 Å². The fourth-order valence-corrected chi connectivity index (χ4v) is 4.73. The maximum atomic E-state index is 12.6. The van der Waals surface area contributed by atoms with Gasteiger partial charge in [0, 0.05) is 18.3 Å². The van der Waals surface area contributed by atoms with E-state index in [9.17, 15) is 8.42 Å². The molecule has 0 radical (unpaired) electrons. The molecule has 0 N–H and O–H groups in total. The molecule has 2 rings (SSSR count). The molecule has 18 heavy (non-hydrogen) atoms. The van der Waals surface area contributed by atoms with Crippen molar-refractivity contribution >= 4 is 21.6 Å². The number of rotatable bonds is 3. The van der Waals surface area contributed by atoms with E-state index in [1.807, 2.05) is 13.8 Å². The summed E-state index contributed by atoms with van der Waals surface area (Å²) in [6.45, 7) is 3.97. The molecule has 0 aromatic carbocycles. The molecule has 100 valence electrons. The second-order valence-corrected chi connectivity index (χ2v) is 6.87. The minimum Gasteiger partial charge on any atom is -0.244 e. The number of nitrogens with zero attached hydrogens (tertiary/aromatic N) is 2. The summed E-state index contributed by atoms with van der Waals surface area (Å²) in [5.41, 5.74) is 0. The van der Waals surface area contributed by atoms with Crippen molar-refractivity contribution in [3.05, 3.63) is 23.5 Å². The van der Waals surface area contributed by atoms with E-state index in [-0.39, 0.29) is 22.1 Å². The fraction of sp³-hybridized carbons (Fsp3) is 0.583. The van der Waals surface area contributed by atoms with Crippen LogP contribution < -0.4 is 0 Å². The van der Waals surface area contributed by atoms with Crippen LogP contribution in [0.1, 0.15) is 33.1 Å². The van der Waals surface area contributed by atoms with Crippen molar-refractivity contribution in [1.29, 1.82) is 0 Å². The molecule has 1 aromatic heterocycles. The van der Waals surface area contributed by atoms with E-state index in [2.05, 4.69) is 4.98 Å². The second-order valence-electron chi connectivity index (χ2n) is 4.64. The summed E-state index contributed by atoms with van der Waals surface area (Å²) in [5.74, 6) is 0. The molecule has 0 bridgehead atoms. The minimum absolute atomic E-state index is 0.0480. The Morgan fingerprint density at radius 1 is 1.50 bits per heavy atom. The van der Waals surface area contributed by atoms with Crippen LogP contribution in [0.5, 0.6) is 0 Å². The van der Waals surface area contributed by atoms with Gasteiger partial charge in [0.25, 0.3) is 0 Å². The molecule has 4 nitrogen and oxygen atoms in total. The van der Waals surface area contributed by atoms with Gasteiger partial charge in [-0.15, -0.1) is 0 Å². The lowest BCUT2D eigenvalue weighted by Crippen LogP contribution is -2.39. The van der Waals surface area contributed by atoms with Gasteiger partial charge in [-0.2, -0.15) is 4.31 Å². The Hall–Kier alpha value is -0.650. The Bertz CT molecular complexity index is 533. The Labute approximate surface area is 113 Å². The van der Waals surface area contributed by atoms with Gasteiger partial charge in [0.1, 0.15) is 5.15 Å². The molecule has 0 aliphatic carbocycles. The molecule has 2 heterocycles. The molecule has 1 aromatic rings. The number of halogens is 1. The lowest BCUT2D eigenvalue weighted by molar-refractivity contribution is 0.328. The first-order chi connectivity index (χ1) is 8.46. The number of pyridine rings is 1. The van der Waals surface area contributed by atoms with Crippen molar-refractivity contribution in [2.75, 3.05) is 0 Å².